The first-order chi connectivity index (χ1) is 21.9. The number of ether oxygens (including phenoxy) is 2. The Morgan fingerprint density at radius 2 is 1.67 bits per heavy atom. The van der Waals surface area contributed by atoms with Gasteiger partial charge in [0.1, 0.15) is 24.1 Å². The normalized spacial score (nSPS) is 14.7. The van der Waals surface area contributed by atoms with Crippen LogP contribution in [0.3, 0.4) is 0 Å². The number of nitrogens with zero attached hydrogens (tertiary/aromatic N) is 3. The van der Waals surface area contributed by atoms with Gasteiger partial charge in [0.05, 0.1) is 22.9 Å². The lowest BCUT2D eigenvalue weighted by atomic mass is 9.90. The van der Waals surface area contributed by atoms with Crippen molar-refractivity contribution in [2.24, 2.45) is 4.99 Å². The molecule has 0 unspecified atom stereocenters. The van der Waals surface area contributed by atoms with Gasteiger partial charge in [-0.25, -0.2) is 4.99 Å². The average Bonchev–Trinajstić information content (AvgIpc) is 3.37. The van der Waals surface area contributed by atoms with Crippen LogP contribution >= 0.6 is 11.3 Å². The summed E-state index contributed by atoms with van der Waals surface area (Å²) in [5.74, 6) is 1.22. The van der Waals surface area contributed by atoms with Crippen molar-refractivity contribution in [3.8, 4) is 11.5 Å². The van der Waals surface area contributed by atoms with E-state index in [1.165, 1.54) is 11.3 Å². The SMILES string of the molecule is CCN(CC)C(=O)C1=C(C)N=c2s/c(=C/c3ccc(OCc4ccccc4)cc3)c(=O)n2[C@H]1c1c(OC)ccc2ccccc12. The van der Waals surface area contributed by atoms with Gasteiger partial charge in [0.15, 0.2) is 4.80 Å². The summed E-state index contributed by atoms with van der Waals surface area (Å²) in [6.45, 7) is 7.33. The zero-order chi connectivity index (χ0) is 31.5. The molecule has 1 atom stereocenters. The van der Waals surface area contributed by atoms with Crippen molar-refractivity contribution in [1.82, 2.24) is 9.47 Å². The highest BCUT2D eigenvalue weighted by molar-refractivity contribution is 7.07. The Morgan fingerprint density at radius 1 is 0.956 bits per heavy atom. The zero-order valence-electron chi connectivity index (χ0n) is 25.8. The lowest BCUT2D eigenvalue weighted by Crippen LogP contribution is -2.43. The smallest absolute Gasteiger partial charge is 0.271 e. The summed E-state index contributed by atoms with van der Waals surface area (Å²) >= 11 is 1.32. The molecule has 4 aromatic carbocycles. The van der Waals surface area contributed by atoms with Crippen LogP contribution in [-0.2, 0) is 11.4 Å². The van der Waals surface area contributed by atoms with E-state index in [1.54, 1.807) is 16.6 Å². The van der Waals surface area contributed by atoms with Gasteiger partial charge in [-0.15, -0.1) is 0 Å². The maximum absolute atomic E-state index is 14.3. The minimum Gasteiger partial charge on any atom is -0.496 e. The Balaban J connectivity index is 1.47. The number of aromatic nitrogens is 1. The van der Waals surface area contributed by atoms with Gasteiger partial charge in [0, 0.05) is 18.7 Å². The Kier molecular flexibility index (Phi) is 8.67. The van der Waals surface area contributed by atoms with Crippen LogP contribution in [0.1, 0.15) is 43.5 Å². The summed E-state index contributed by atoms with van der Waals surface area (Å²) in [6, 6.07) is 28.9. The molecule has 7 nitrogen and oxygen atoms in total. The molecule has 228 valence electrons. The fourth-order valence-corrected chi connectivity index (χ4v) is 6.88. The molecule has 0 bridgehead atoms. The van der Waals surface area contributed by atoms with Crippen molar-refractivity contribution >= 4 is 34.1 Å². The molecule has 45 heavy (non-hydrogen) atoms. The molecule has 1 aliphatic rings. The Morgan fingerprint density at radius 3 is 2.38 bits per heavy atom. The molecule has 0 fully saturated rings. The van der Waals surface area contributed by atoms with E-state index in [-0.39, 0.29) is 11.5 Å². The molecule has 0 saturated heterocycles. The molecule has 2 heterocycles. The second kappa shape index (κ2) is 13.0. The molecule has 0 N–H and O–H groups in total. The first-order valence-electron chi connectivity index (χ1n) is 15.1. The molecule has 1 aliphatic heterocycles. The summed E-state index contributed by atoms with van der Waals surface area (Å²) in [5.41, 5.74) is 3.59. The quantitative estimate of drug-likeness (QED) is 0.208. The van der Waals surface area contributed by atoms with Gasteiger partial charge in [0.2, 0.25) is 0 Å². The van der Waals surface area contributed by atoms with Gasteiger partial charge in [0.25, 0.3) is 11.5 Å². The lowest BCUT2D eigenvalue weighted by molar-refractivity contribution is -0.127. The Hall–Kier alpha value is -4.95. The van der Waals surface area contributed by atoms with Gasteiger partial charge >= 0.3 is 0 Å². The number of carbonyl (C=O) groups is 1. The standard InChI is InChI=1S/C37H35N3O4S/c1-5-39(6-2)36(42)32-24(3)38-37-40(34(32)33-29-15-11-10-14-27(29)18-21-30(33)43-4)35(41)31(45-37)22-25-16-19-28(20-17-25)44-23-26-12-8-7-9-13-26/h7-22,34H,5-6,23H2,1-4H3/b31-22+/t34-/m1/s1. The van der Waals surface area contributed by atoms with E-state index in [9.17, 15) is 9.59 Å². The molecular weight excluding hydrogens is 582 g/mol. The zero-order valence-corrected chi connectivity index (χ0v) is 26.6. The van der Waals surface area contributed by atoms with Crippen molar-refractivity contribution in [3.05, 3.63) is 139 Å². The number of likely N-dealkylation sites (N-methyl/N-ethyl adjacent to an activating group) is 1. The fourth-order valence-electron chi connectivity index (χ4n) is 5.84. The van der Waals surface area contributed by atoms with Crippen LogP contribution in [0.4, 0.5) is 0 Å². The summed E-state index contributed by atoms with van der Waals surface area (Å²) in [7, 11) is 1.62. The Labute approximate surface area is 266 Å². The second-order valence-electron chi connectivity index (χ2n) is 10.8. The number of methoxy groups -OCH3 is 1. The first-order valence-corrected chi connectivity index (χ1v) is 15.9. The maximum atomic E-state index is 14.3. The molecule has 0 spiro atoms. The van der Waals surface area contributed by atoms with Crippen molar-refractivity contribution in [2.45, 2.75) is 33.4 Å². The Bertz CT molecular complexity index is 2070. The molecule has 0 saturated carbocycles. The third-order valence-electron chi connectivity index (χ3n) is 8.15. The molecule has 8 heteroatoms. The number of hydrogen-bond acceptors (Lipinski definition) is 6. The van der Waals surface area contributed by atoms with Crippen LogP contribution in [-0.4, -0.2) is 35.6 Å². The van der Waals surface area contributed by atoms with E-state index < -0.39 is 6.04 Å². The van der Waals surface area contributed by atoms with Crippen LogP contribution in [0.25, 0.3) is 16.8 Å². The van der Waals surface area contributed by atoms with Crippen molar-refractivity contribution in [2.75, 3.05) is 20.2 Å². The molecule has 1 amide bonds. The predicted molar refractivity (Wildman–Crippen MR) is 179 cm³/mol. The van der Waals surface area contributed by atoms with Crippen molar-refractivity contribution in [1.29, 1.82) is 0 Å². The molecular formula is C37H35N3O4S. The van der Waals surface area contributed by atoms with E-state index in [0.29, 0.717) is 46.0 Å². The number of allylic oxidation sites excluding steroid dienone is 1. The third-order valence-corrected chi connectivity index (χ3v) is 9.14. The van der Waals surface area contributed by atoms with Crippen LogP contribution in [0.5, 0.6) is 11.5 Å². The molecule has 1 aromatic heterocycles. The van der Waals surface area contributed by atoms with Gasteiger partial charge < -0.3 is 14.4 Å². The maximum Gasteiger partial charge on any atom is 0.271 e. The number of rotatable bonds is 9. The molecule has 0 aliphatic carbocycles. The van der Waals surface area contributed by atoms with Crippen LogP contribution in [0, 0.1) is 0 Å². The minimum atomic E-state index is -0.716. The van der Waals surface area contributed by atoms with E-state index in [0.717, 1.165) is 33.2 Å². The summed E-state index contributed by atoms with van der Waals surface area (Å²) < 4.78 is 14.0. The van der Waals surface area contributed by atoms with Crippen LogP contribution in [0.15, 0.2) is 112 Å². The molecule has 0 radical (unpaired) electrons. The van der Waals surface area contributed by atoms with Crippen molar-refractivity contribution < 1.29 is 14.3 Å². The monoisotopic (exact) mass is 617 g/mol. The van der Waals surface area contributed by atoms with E-state index in [4.69, 9.17) is 14.5 Å². The highest BCUT2D eigenvalue weighted by Crippen LogP contribution is 2.40. The summed E-state index contributed by atoms with van der Waals surface area (Å²) in [5, 5.41) is 1.91. The summed E-state index contributed by atoms with van der Waals surface area (Å²) in [6.07, 6.45) is 1.87. The van der Waals surface area contributed by atoms with E-state index in [2.05, 4.69) is 0 Å². The number of thiazole rings is 1. The van der Waals surface area contributed by atoms with Crippen LogP contribution < -0.4 is 24.4 Å². The molecule has 5 aromatic rings. The third kappa shape index (κ3) is 5.81. The van der Waals surface area contributed by atoms with Gasteiger partial charge in [-0.2, -0.15) is 0 Å². The van der Waals surface area contributed by atoms with Crippen LogP contribution in [0.2, 0.25) is 0 Å². The van der Waals surface area contributed by atoms with Gasteiger partial charge in [-0.3, -0.25) is 14.2 Å². The lowest BCUT2D eigenvalue weighted by Gasteiger charge is -2.30. The van der Waals surface area contributed by atoms with E-state index >= 15 is 0 Å². The van der Waals surface area contributed by atoms with E-state index in [1.807, 2.05) is 118 Å². The fraction of sp³-hybridized carbons (Fsp3) is 0.216. The molecule has 6 rings (SSSR count). The minimum absolute atomic E-state index is 0.137. The first kappa shape index (κ1) is 30.1. The van der Waals surface area contributed by atoms with Gasteiger partial charge in [-0.05, 0) is 66.9 Å². The topological polar surface area (TPSA) is 73.1 Å². The van der Waals surface area contributed by atoms with Gasteiger partial charge in [-0.1, -0.05) is 84.1 Å². The number of carbonyl (C=O) groups excluding carboxylic acids is 1. The predicted octanol–water partition coefficient (Wildman–Crippen LogP) is 5.84. The number of amides is 1. The largest absolute Gasteiger partial charge is 0.496 e. The summed E-state index contributed by atoms with van der Waals surface area (Å²) in [4.78, 5) is 35.6. The highest BCUT2D eigenvalue weighted by Gasteiger charge is 2.36. The highest BCUT2D eigenvalue weighted by atomic mass is 32.1. The number of hydrogen-bond donors (Lipinski definition) is 0. The van der Waals surface area contributed by atoms with Crippen molar-refractivity contribution in [3.63, 3.8) is 0 Å². The second-order valence-corrected chi connectivity index (χ2v) is 11.8. The number of benzene rings is 4. The number of fused-ring (bicyclic) bond motifs is 2. The average molecular weight is 618 g/mol.